The molecule has 0 radical (unpaired) electrons. The van der Waals surface area contributed by atoms with Crippen LogP contribution in [0.15, 0.2) is 16.7 Å². The monoisotopic (exact) mass is 289 g/mol. The lowest BCUT2D eigenvalue weighted by atomic mass is 9.89. The van der Waals surface area contributed by atoms with E-state index in [0.29, 0.717) is 0 Å². The van der Waals surface area contributed by atoms with E-state index in [9.17, 15) is 0 Å². The van der Waals surface area contributed by atoms with Crippen molar-refractivity contribution in [2.45, 2.75) is 60.3 Å². The summed E-state index contributed by atoms with van der Waals surface area (Å²) in [5.41, 5.74) is 3.32. The Bertz CT molecular complexity index is 593. The van der Waals surface area contributed by atoms with Crippen molar-refractivity contribution in [3.05, 3.63) is 23.4 Å². The molecule has 0 aliphatic heterocycles. The number of nitrogens with zero attached hydrogens (tertiary/aromatic N) is 1. The zero-order valence-electron chi connectivity index (χ0n) is 14.0. The number of rotatable bonds is 6. The summed E-state index contributed by atoms with van der Waals surface area (Å²) < 4.78 is 11.5. The molecule has 0 fully saturated rings. The largest absolute Gasteiger partial charge is 0.493 e. The molecule has 3 heteroatoms. The molecule has 1 heterocycles. The molecule has 0 N–H and O–H groups in total. The molecule has 3 nitrogen and oxygen atoms in total. The highest BCUT2D eigenvalue weighted by Gasteiger charge is 2.20. The van der Waals surface area contributed by atoms with Gasteiger partial charge in [0.2, 0.25) is 0 Å². The number of aromatic nitrogens is 1. The first-order valence-electron chi connectivity index (χ1n) is 7.99. The fourth-order valence-electron chi connectivity index (χ4n) is 2.55. The number of benzene rings is 1. The molecule has 0 bridgehead atoms. The van der Waals surface area contributed by atoms with Crippen LogP contribution in [-0.2, 0) is 12.8 Å². The third-order valence-corrected chi connectivity index (χ3v) is 3.44. The Morgan fingerprint density at radius 3 is 2.52 bits per heavy atom. The molecule has 0 atom stereocenters. The Balaban J connectivity index is 2.44. The minimum absolute atomic E-state index is 0.201. The highest BCUT2D eigenvalue weighted by molar-refractivity contribution is 5.84. The van der Waals surface area contributed by atoms with Crippen LogP contribution in [0.5, 0.6) is 5.75 Å². The highest BCUT2D eigenvalue weighted by Crippen LogP contribution is 2.33. The summed E-state index contributed by atoms with van der Waals surface area (Å²) in [5.74, 6) is 0.949. The van der Waals surface area contributed by atoms with E-state index >= 15 is 0 Å². The van der Waals surface area contributed by atoms with Gasteiger partial charge >= 0.3 is 0 Å². The van der Waals surface area contributed by atoms with Crippen LogP contribution in [0, 0.1) is 5.41 Å². The lowest BCUT2D eigenvalue weighted by Gasteiger charge is -2.16. The molecule has 0 saturated carbocycles. The highest BCUT2D eigenvalue weighted by atomic mass is 16.5. The van der Waals surface area contributed by atoms with Crippen molar-refractivity contribution < 1.29 is 9.26 Å². The van der Waals surface area contributed by atoms with Crippen molar-refractivity contribution in [2.24, 2.45) is 5.41 Å². The second-order valence-electron chi connectivity index (χ2n) is 6.88. The Kier molecular flexibility index (Phi) is 4.92. The maximum Gasteiger partial charge on any atom is 0.174 e. The summed E-state index contributed by atoms with van der Waals surface area (Å²) in [5, 5.41) is 5.45. The molecule has 0 spiro atoms. The van der Waals surface area contributed by atoms with Crippen LogP contribution in [0.25, 0.3) is 11.0 Å². The number of hydrogen-bond donors (Lipinski definition) is 0. The lowest BCUT2D eigenvalue weighted by Crippen LogP contribution is -2.09. The lowest BCUT2D eigenvalue weighted by molar-refractivity contribution is 0.313. The van der Waals surface area contributed by atoms with E-state index in [1.807, 2.05) is 0 Å². The van der Waals surface area contributed by atoms with Crippen LogP contribution in [0.2, 0.25) is 0 Å². The van der Waals surface area contributed by atoms with Gasteiger partial charge in [0.25, 0.3) is 0 Å². The topological polar surface area (TPSA) is 35.3 Å². The first-order chi connectivity index (χ1) is 9.96. The smallest absolute Gasteiger partial charge is 0.174 e. The number of ether oxygens (including phenoxy) is 1. The van der Waals surface area contributed by atoms with E-state index in [1.54, 1.807) is 0 Å². The Morgan fingerprint density at radius 2 is 1.90 bits per heavy atom. The Morgan fingerprint density at radius 1 is 1.14 bits per heavy atom. The van der Waals surface area contributed by atoms with Gasteiger partial charge in [-0.25, -0.2) is 0 Å². The molecule has 0 amide bonds. The summed E-state index contributed by atoms with van der Waals surface area (Å²) in [6.07, 6.45) is 3.95. The van der Waals surface area contributed by atoms with Crippen LogP contribution < -0.4 is 4.74 Å². The van der Waals surface area contributed by atoms with Gasteiger partial charge in [-0.1, -0.05) is 46.2 Å². The molecule has 116 valence electrons. The quantitative estimate of drug-likeness (QED) is 0.737. The minimum atomic E-state index is 0.201. The molecular formula is C18H27NO2. The van der Waals surface area contributed by atoms with Gasteiger partial charge in [-0.3, -0.25) is 0 Å². The molecule has 1 aromatic heterocycles. The zero-order chi connectivity index (χ0) is 15.5. The molecule has 21 heavy (non-hydrogen) atoms. The van der Waals surface area contributed by atoms with Crippen molar-refractivity contribution in [1.29, 1.82) is 0 Å². The number of aryl methyl sites for hydroxylation is 1. The van der Waals surface area contributed by atoms with Crippen LogP contribution in [0.3, 0.4) is 0 Å². The average Bonchev–Trinajstić information content (AvgIpc) is 2.79. The van der Waals surface area contributed by atoms with Gasteiger partial charge in [-0.15, -0.1) is 0 Å². The molecule has 0 saturated heterocycles. The number of fused-ring (bicyclic) bond motifs is 1. The Labute approximate surface area is 127 Å². The summed E-state index contributed by atoms with van der Waals surface area (Å²) in [6, 6.07) is 4.17. The van der Waals surface area contributed by atoms with E-state index in [1.165, 1.54) is 0 Å². The van der Waals surface area contributed by atoms with Crippen LogP contribution in [-0.4, -0.2) is 11.8 Å². The summed E-state index contributed by atoms with van der Waals surface area (Å²) in [6.45, 7) is 11.7. The molecular weight excluding hydrogens is 262 g/mol. The van der Waals surface area contributed by atoms with Gasteiger partial charge in [-0.05, 0) is 36.8 Å². The van der Waals surface area contributed by atoms with E-state index < -0.39 is 0 Å². The van der Waals surface area contributed by atoms with Crippen molar-refractivity contribution >= 4 is 11.0 Å². The Hall–Kier alpha value is -1.51. The third-order valence-electron chi connectivity index (χ3n) is 3.44. The normalized spacial score (nSPS) is 12.0. The summed E-state index contributed by atoms with van der Waals surface area (Å²) in [4.78, 5) is 0. The van der Waals surface area contributed by atoms with Gasteiger partial charge in [0.05, 0.1) is 12.3 Å². The fraction of sp³-hybridized carbons (Fsp3) is 0.611. The second-order valence-corrected chi connectivity index (χ2v) is 6.88. The van der Waals surface area contributed by atoms with Crippen molar-refractivity contribution in [3.8, 4) is 5.75 Å². The predicted octanol–water partition coefficient (Wildman–Crippen LogP) is 5.16. The first kappa shape index (κ1) is 15.9. The molecule has 0 aliphatic rings. The molecule has 2 rings (SSSR count). The van der Waals surface area contributed by atoms with Crippen LogP contribution >= 0.6 is 0 Å². The van der Waals surface area contributed by atoms with Crippen molar-refractivity contribution in [1.82, 2.24) is 5.16 Å². The summed E-state index contributed by atoms with van der Waals surface area (Å²) in [7, 11) is 0. The zero-order valence-corrected chi connectivity index (χ0v) is 14.0. The molecule has 1 aromatic carbocycles. The van der Waals surface area contributed by atoms with E-state index in [-0.39, 0.29) is 5.41 Å². The second kappa shape index (κ2) is 6.50. The van der Waals surface area contributed by atoms with E-state index in [0.717, 1.165) is 60.3 Å². The molecule has 0 unspecified atom stereocenters. The maximum absolute atomic E-state index is 5.87. The maximum atomic E-state index is 5.87. The van der Waals surface area contributed by atoms with Crippen LogP contribution in [0.1, 0.15) is 58.7 Å². The van der Waals surface area contributed by atoms with Gasteiger partial charge in [0.1, 0.15) is 5.75 Å². The van der Waals surface area contributed by atoms with Gasteiger partial charge < -0.3 is 9.26 Å². The average molecular weight is 289 g/mol. The van der Waals surface area contributed by atoms with Gasteiger partial charge in [0.15, 0.2) is 5.58 Å². The molecule has 2 aromatic rings. The standard InChI is InChI=1S/C18H27NO2/c1-6-8-14-16(20-11-7-2)10-9-13-15(12-18(3,4)5)19-21-17(13)14/h9-10H,6-8,11-12H2,1-5H3. The first-order valence-corrected chi connectivity index (χ1v) is 7.99. The van der Waals surface area contributed by atoms with Crippen molar-refractivity contribution in [2.75, 3.05) is 6.61 Å². The fourth-order valence-corrected chi connectivity index (χ4v) is 2.55. The SMILES string of the molecule is CCCOc1ccc2c(CC(C)(C)C)noc2c1CCC. The van der Waals surface area contributed by atoms with E-state index in [4.69, 9.17) is 9.26 Å². The van der Waals surface area contributed by atoms with Gasteiger partial charge in [-0.2, -0.15) is 0 Å². The molecule has 0 aliphatic carbocycles. The third kappa shape index (κ3) is 3.78. The number of hydrogen-bond acceptors (Lipinski definition) is 3. The minimum Gasteiger partial charge on any atom is -0.493 e. The predicted molar refractivity (Wildman–Crippen MR) is 86.9 cm³/mol. The van der Waals surface area contributed by atoms with Crippen LogP contribution in [0.4, 0.5) is 0 Å². The van der Waals surface area contributed by atoms with E-state index in [2.05, 4.69) is 51.9 Å². The van der Waals surface area contributed by atoms with Gasteiger partial charge in [0, 0.05) is 10.9 Å². The summed E-state index contributed by atoms with van der Waals surface area (Å²) >= 11 is 0. The van der Waals surface area contributed by atoms with Crippen molar-refractivity contribution in [3.63, 3.8) is 0 Å².